The molecule has 0 aromatic heterocycles. The number of hydrogen-bond acceptors (Lipinski definition) is 5. The van der Waals surface area contributed by atoms with E-state index in [1.54, 1.807) is 0 Å². The van der Waals surface area contributed by atoms with Gasteiger partial charge in [0.15, 0.2) is 6.10 Å². The lowest BCUT2D eigenvalue weighted by atomic mass is 10.0. The molecule has 5 nitrogen and oxygen atoms in total. The Morgan fingerprint density at radius 1 is 0.393 bits per heavy atom. The molecule has 1 unspecified atom stereocenters. The monoisotopic (exact) mass is 851 g/mol. The summed E-state index contributed by atoms with van der Waals surface area (Å²) in [6, 6.07) is 0. The lowest BCUT2D eigenvalue weighted by molar-refractivity contribution is -0.161. The molecule has 0 aromatic rings. The average Bonchev–Trinajstić information content (AvgIpc) is 3.26. The first-order valence-electron chi connectivity index (χ1n) is 26.0. The van der Waals surface area contributed by atoms with Crippen LogP contribution in [0.1, 0.15) is 251 Å². The average molecular weight is 851 g/mol. The minimum atomic E-state index is -0.777. The molecule has 0 fully saturated rings. The number of hydrogen-bond donors (Lipinski definition) is 1. The summed E-state index contributed by atoms with van der Waals surface area (Å²) in [4.78, 5) is 24.4. The molecule has 0 aliphatic rings. The van der Waals surface area contributed by atoms with Crippen LogP contribution >= 0.6 is 0 Å². The molecule has 1 N–H and O–H groups in total. The molecule has 0 aromatic carbocycles. The van der Waals surface area contributed by atoms with Crippen molar-refractivity contribution in [2.45, 2.75) is 258 Å². The quantitative estimate of drug-likeness (QED) is 0.0375. The van der Waals surface area contributed by atoms with Gasteiger partial charge >= 0.3 is 11.9 Å². The summed E-state index contributed by atoms with van der Waals surface area (Å²) in [7, 11) is 0. The van der Waals surface area contributed by atoms with E-state index in [4.69, 9.17) is 9.47 Å². The number of aliphatic hydroxyl groups is 1. The number of unbranched alkanes of at least 4 members (excludes halogenated alkanes) is 27. The van der Waals surface area contributed by atoms with E-state index >= 15 is 0 Å². The Balaban J connectivity index is 3.49. The maximum Gasteiger partial charge on any atom is 0.306 e. The van der Waals surface area contributed by atoms with E-state index in [0.717, 1.165) is 77.0 Å². The fourth-order valence-corrected chi connectivity index (χ4v) is 7.34. The van der Waals surface area contributed by atoms with Crippen molar-refractivity contribution in [2.24, 2.45) is 0 Å². The zero-order valence-corrected chi connectivity index (χ0v) is 40.2. The van der Waals surface area contributed by atoms with Crippen molar-refractivity contribution in [2.75, 3.05) is 13.2 Å². The summed E-state index contributed by atoms with van der Waals surface area (Å²) in [5.74, 6) is -0.595. The van der Waals surface area contributed by atoms with Crippen molar-refractivity contribution in [1.29, 1.82) is 0 Å². The summed E-state index contributed by atoms with van der Waals surface area (Å²) in [6.07, 6.45) is 70.0. The van der Waals surface area contributed by atoms with Gasteiger partial charge in [-0.05, 0) is 83.5 Å². The molecule has 0 radical (unpaired) electrons. The Morgan fingerprint density at radius 2 is 0.705 bits per heavy atom. The summed E-state index contributed by atoms with van der Waals surface area (Å²) in [5.41, 5.74) is 0. The molecule has 0 spiro atoms. The van der Waals surface area contributed by atoms with Gasteiger partial charge in [-0.1, -0.05) is 228 Å². The lowest BCUT2D eigenvalue weighted by Gasteiger charge is -2.15. The minimum absolute atomic E-state index is 0.0702. The number of carbonyl (C=O) groups excluding carboxylic acids is 2. The second-order valence-corrected chi connectivity index (χ2v) is 17.2. The van der Waals surface area contributed by atoms with E-state index in [2.05, 4.69) is 86.8 Å². The van der Waals surface area contributed by atoms with Crippen LogP contribution in [0.3, 0.4) is 0 Å². The summed E-state index contributed by atoms with van der Waals surface area (Å²) >= 11 is 0. The van der Waals surface area contributed by atoms with Crippen molar-refractivity contribution in [3.8, 4) is 0 Å². The molecule has 0 bridgehead atoms. The smallest absolute Gasteiger partial charge is 0.306 e. The van der Waals surface area contributed by atoms with Crippen molar-refractivity contribution in [1.82, 2.24) is 0 Å². The van der Waals surface area contributed by atoms with Crippen LogP contribution < -0.4 is 0 Å². The Hall–Kier alpha value is -2.66. The molecule has 0 amide bonds. The first-order chi connectivity index (χ1) is 30.1. The number of esters is 2. The molecule has 1 atom stereocenters. The van der Waals surface area contributed by atoms with Gasteiger partial charge in [-0.2, -0.15) is 0 Å². The van der Waals surface area contributed by atoms with E-state index in [0.29, 0.717) is 12.8 Å². The zero-order chi connectivity index (χ0) is 44.2. The van der Waals surface area contributed by atoms with Crippen LogP contribution in [0.25, 0.3) is 0 Å². The van der Waals surface area contributed by atoms with Crippen LogP contribution in [-0.2, 0) is 19.1 Å². The van der Waals surface area contributed by atoms with Gasteiger partial charge < -0.3 is 14.6 Å². The molecule has 0 aliphatic carbocycles. The van der Waals surface area contributed by atoms with Crippen molar-refractivity contribution >= 4 is 11.9 Å². The topological polar surface area (TPSA) is 72.8 Å². The number of carbonyl (C=O) groups is 2. The normalized spacial score (nSPS) is 12.8. The van der Waals surface area contributed by atoms with Crippen LogP contribution in [0.4, 0.5) is 0 Å². The van der Waals surface area contributed by atoms with Gasteiger partial charge in [0.05, 0.1) is 6.61 Å². The number of allylic oxidation sites excluding steroid dienone is 12. The predicted molar refractivity (Wildman–Crippen MR) is 265 cm³/mol. The second-order valence-electron chi connectivity index (χ2n) is 17.2. The summed E-state index contributed by atoms with van der Waals surface area (Å²) < 4.78 is 10.7. The Morgan fingerprint density at radius 3 is 1.08 bits per heavy atom. The molecule has 0 aliphatic heterocycles. The van der Waals surface area contributed by atoms with Gasteiger partial charge in [-0.3, -0.25) is 9.59 Å². The highest BCUT2D eigenvalue weighted by Crippen LogP contribution is 2.15. The van der Waals surface area contributed by atoms with Crippen LogP contribution in [0, 0.1) is 0 Å². The van der Waals surface area contributed by atoms with Crippen LogP contribution in [0.5, 0.6) is 0 Å². The Kier molecular flexibility index (Phi) is 49.4. The molecule has 5 heteroatoms. The van der Waals surface area contributed by atoms with Crippen LogP contribution in [0.15, 0.2) is 72.9 Å². The standard InChI is InChI=1S/C56H98O5/c1-3-5-7-9-11-13-15-17-19-21-22-23-24-25-26-27-28-29-30-31-32-33-34-35-37-39-41-43-45-47-49-51-56(59)61-54(52-57)53-60-55(58)50-48-46-44-42-40-38-36-20-18-16-14-12-10-8-6-4-2/h5,7,11,13,17,19-20,22-23,25-26,36,54,57H,3-4,6,8-10,12,14-16,18,21,24,27-35,37-53H2,1-2H3/b7-5-,13-11-,19-17-,23-22-,26-25-,36-20-. The zero-order valence-electron chi connectivity index (χ0n) is 40.2. The van der Waals surface area contributed by atoms with Crippen molar-refractivity contribution < 1.29 is 24.2 Å². The molecule has 0 saturated carbocycles. The molecular weight excluding hydrogens is 753 g/mol. The van der Waals surface area contributed by atoms with Crippen LogP contribution in [0.2, 0.25) is 0 Å². The van der Waals surface area contributed by atoms with E-state index in [1.165, 1.54) is 148 Å². The summed E-state index contributed by atoms with van der Waals surface area (Å²) in [5, 5.41) is 9.62. The van der Waals surface area contributed by atoms with Gasteiger partial charge in [-0.15, -0.1) is 0 Å². The summed E-state index contributed by atoms with van der Waals surface area (Å²) in [6.45, 7) is 4.03. The van der Waals surface area contributed by atoms with E-state index in [-0.39, 0.29) is 25.2 Å². The third-order valence-corrected chi connectivity index (χ3v) is 11.2. The highest BCUT2D eigenvalue weighted by atomic mass is 16.6. The predicted octanol–water partition coefficient (Wildman–Crippen LogP) is 17.2. The van der Waals surface area contributed by atoms with Crippen LogP contribution in [-0.4, -0.2) is 36.4 Å². The molecule has 352 valence electrons. The first kappa shape index (κ1) is 58.3. The maximum atomic E-state index is 12.3. The van der Waals surface area contributed by atoms with E-state index in [1.807, 2.05) is 0 Å². The molecule has 0 rings (SSSR count). The Labute approximate surface area is 378 Å². The first-order valence-corrected chi connectivity index (χ1v) is 26.0. The number of ether oxygens (including phenoxy) is 2. The molecule has 0 heterocycles. The van der Waals surface area contributed by atoms with Gasteiger partial charge in [0.2, 0.25) is 0 Å². The van der Waals surface area contributed by atoms with Gasteiger partial charge in [0.25, 0.3) is 0 Å². The van der Waals surface area contributed by atoms with Gasteiger partial charge in [-0.25, -0.2) is 0 Å². The lowest BCUT2D eigenvalue weighted by Crippen LogP contribution is -2.28. The highest BCUT2D eigenvalue weighted by Gasteiger charge is 2.16. The van der Waals surface area contributed by atoms with Gasteiger partial charge in [0.1, 0.15) is 6.61 Å². The fraction of sp³-hybridized carbons (Fsp3) is 0.750. The Bertz CT molecular complexity index is 1100. The van der Waals surface area contributed by atoms with Gasteiger partial charge in [0, 0.05) is 12.8 Å². The van der Waals surface area contributed by atoms with Crippen molar-refractivity contribution in [3.05, 3.63) is 72.9 Å². The minimum Gasteiger partial charge on any atom is -0.462 e. The number of rotatable bonds is 47. The third-order valence-electron chi connectivity index (χ3n) is 11.2. The molecule has 0 saturated heterocycles. The van der Waals surface area contributed by atoms with Crippen molar-refractivity contribution in [3.63, 3.8) is 0 Å². The maximum absolute atomic E-state index is 12.3. The third kappa shape index (κ3) is 49.9. The number of aliphatic hydroxyl groups excluding tert-OH is 1. The second kappa shape index (κ2) is 51.7. The van der Waals surface area contributed by atoms with E-state index < -0.39 is 6.10 Å². The molecular formula is C56H98O5. The largest absolute Gasteiger partial charge is 0.462 e. The van der Waals surface area contributed by atoms with E-state index in [9.17, 15) is 14.7 Å². The SMILES string of the molecule is CC/C=C\C/C=C\C/C=C\C/C=C\C/C=C\CCCCCCCCCCCCCCCCCC(=O)OC(CO)COC(=O)CCCCCCC/C=C\CCCCCCCCC. The molecule has 61 heavy (non-hydrogen) atoms. The fourth-order valence-electron chi connectivity index (χ4n) is 7.34. The highest BCUT2D eigenvalue weighted by molar-refractivity contribution is 5.70.